The van der Waals surface area contributed by atoms with Crippen LogP contribution < -0.4 is 10.1 Å². The number of halogens is 1. The summed E-state index contributed by atoms with van der Waals surface area (Å²) >= 11 is 1.12. The third kappa shape index (κ3) is 4.43. The van der Waals surface area contributed by atoms with E-state index in [1.165, 1.54) is 31.2 Å². The van der Waals surface area contributed by atoms with Crippen LogP contribution in [0.4, 0.5) is 9.52 Å². The number of Topliss-reactive ketones (excluding diaryl/α,β-unsaturated/α-hetero) is 1. The molecule has 0 saturated heterocycles. The van der Waals surface area contributed by atoms with E-state index in [2.05, 4.69) is 10.3 Å². The van der Waals surface area contributed by atoms with Gasteiger partial charge in [-0.2, -0.15) is 0 Å². The van der Waals surface area contributed by atoms with Crippen LogP contribution >= 0.6 is 11.3 Å². The second-order valence-corrected chi connectivity index (χ2v) is 7.64. The largest absolute Gasteiger partial charge is 0.478 e. The van der Waals surface area contributed by atoms with Crippen LogP contribution in [0.5, 0.6) is 5.75 Å². The van der Waals surface area contributed by atoms with Gasteiger partial charge in [0.2, 0.25) is 0 Å². The molecule has 0 fully saturated rings. The van der Waals surface area contributed by atoms with E-state index < -0.39 is 11.5 Å². The number of nitrogens with zero attached hydrogens (tertiary/aromatic N) is 1. The lowest BCUT2D eigenvalue weighted by Gasteiger charge is -2.24. The summed E-state index contributed by atoms with van der Waals surface area (Å²) in [5.74, 6) is -0.573. The van der Waals surface area contributed by atoms with Crippen LogP contribution in [-0.2, 0) is 4.79 Å². The van der Waals surface area contributed by atoms with Crippen LogP contribution in [0.3, 0.4) is 0 Å². The number of anilines is 1. The van der Waals surface area contributed by atoms with Crippen molar-refractivity contribution < 1.29 is 18.7 Å². The zero-order valence-corrected chi connectivity index (χ0v) is 16.5. The third-order valence-electron chi connectivity index (χ3n) is 3.95. The number of ether oxygens (including phenoxy) is 1. The van der Waals surface area contributed by atoms with Crippen molar-refractivity contribution in [3.8, 4) is 17.0 Å². The number of ketones is 1. The van der Waals surface area contributed by atoms with Crippen molar-refractivity contribution in [1.82, 2.24) is 4.98 Å². The molecule has 0 bridgehead atoms. The highest BCUT2D eigenvalue weighted by molar-refractivity contribution is 7.18. The van der Waals surface area contributed by atoms with Crippen molar-refractivity contribution >= 4 is 28.2 Å². The molecule has 3 rings (SSSR count). The molecule has 5 nitrogen and oxygen atoms in total. The van der Waals surface area contributed by atoms with Crippen LogP contribution in [-0.4, -0.2) is 22.3 Å². The SMILES string of the molecule is CC(=O)c1sc(NC(=O)C(C)(C)Oc2ccc(F)cc2)nc1-c1ccccc1. The monoisotopic (exact) mass is 398 g/mol. The minimum Gasteiger partial charge on any atom is -0.478 e. The van der Waals surface area contributed by atoms with E-state index in [0.717, 1.165) is 16.9 Å². The molecule has 28 heavy (non-hydrogen) atoms. The number of benzene rings is 2. The van der Waals surface area contributed by atoms with Gasteiger partial charge in [0.1, 0.15) is 11.6 Å². The quantitative estimate of drug-likeness (QED) is 0.597. The average Bonchev–Trinajstić information content (AvgIpc) is 3.08. The lowest BCUT2D eigenvalue weighted by atomic mass is 10.1. The van der Waals surface area contributed by atoms with E-state index in [9.17, 15) is 14.0 Å². The Hall–Kier alpha value is -3.06. The predicted molar refractivity (Wildman–Crippen MR) is 107 cm³/mol. The molecule has 0 spiro atoms. The smallest absolute Gasteiger partial charge is 0.269 e. The third-order valence-corrected chi connectivity index (χ3v) is 5.02. The highest BCUT2D eigenvalue weighted by atomic mass is 32.1. The van der Waals surface area contributed by atoms with Crippen molar-refractivity contribution in [1.29, 1.82) is 0 Å². The van der Waals surface area contributed by atoms with Crippen LogP contribution in [0, 0.1) is 5.82 Å². The number of hydrogen-bond acceptors (Lipinski definition) is 5. The topological polar surface area (TPSA) is 68.3 Å². The summed E-state index contributed by atoms with van der Waals surface area (Å²) < 4.78 is 18.7. The molecule has 0 radical (unpaired) electrons. The first-order valence-electron chi connectivity index (χ1n) is 8.59. The summed E-state index contributed by atoms with van der Waals surface area (Å²) in [6.45, 7) is 4.67. The van der Waals surface area contributed by atoms with Gasteiger partial charge in [-0.25, -0.2) is 9.37 Å². The molecule has 0 aliphatic heterocycles. The number of rotatable bonds is 6. The molecule has 0 aliphatic rings. The standard InChI is InChI=1S/C21H19FN2O3S/c1-13(25)18-17(14-7-5-4-6-8-14)23-20(28-18)24-19(26)21(2,3)27-16-11-9-15(22)10-12-16/h4-12H,1-3H3,(H,23,24,26). The molecule has 0 saturated carbocycles. The van der Waals surface area contributed by atoms with Crippen molar-refractivity contribution in [2.24, 2.45) is 0 Å². The molecule has 1 N–H and O–H groups in total. The van der Waals surface area contributed by atoms with Gasteiger partial charge in [0, 0.05) is 12.5 Å². The lowest BCUT2D eigenvalue weighted by molar-refractivity contribution is -0.128. The van der Waals surface area contributed by atoms with Gasteiger partial charge in [-0.3, -0.25) is 14.9 Å². The minimum atomic E-state index is -1.23. The maximum atomic E-state index is 13.0. The fourth-order valence-corrected chi connectivity index (χ4v) is 3.37. The summed E-state index contributed by atoms with van der Waals surface area (Å²) in [5, 5.41) is 3.03. The van der Waals surface area contributed by atoms with Crippen LogP contribution in [0.25, 0.3) is 11.3 Å². The molecule has 1 aromatic heterocycles. The Labute approximate surface area is 166 Å². The Morgan fingerprint density at radius 2 is 1.71 bits per heavy atom. The van der Waals surface area contributed by atoms with E-state index in [0.29, 0.717) is 21.5 Å². The van der Waals surface area contributed by atoms with Crippen molar-refractivity contribution in [3.63, 3.8) is 0 Å². The second-order valence-electron chi connectivity index (χ2n) is 6.64. The molecule has 2 aromatic carbocycles. The van der Waals surface area contributed by atoms with Gasteiger partial charge in [0.15, 0.2) is 16.5 Å². The number of aromatic nitrogens is 1. The first-order valence-corrected chi connectivity index (χ1v) is 9.41. The number of nitrogens with one attached hydrogen (secondary N) is 1. The molecule has 3 aromatic rings. The number of carbonyl (C=O) groups excluding carboxylic acids is 2. The fraction of sp³-hybridized carbons (Fsp3) is 0.190. The van der Waals surface area contributed by atoms with E-state index in [4.69, 9.17) is 4.74 Å². The Balaban J connectivity index is 1.81. The Morgan fingerprint density at radius 1 is 1.07 bits per heavy atom. The number of carbonyl (C=O) groups is 2. The van der Waals surface area contributed by atoms with E-state index >= 15 is 0 Å². The lowest BCUT2D eigenvalue weighted by Crippen LogP contribution is -2.42. The van der Waals surface area contributed by atoms with Gasteiger partial charge in [0.05, 0.1) is 10.6 Å². The second kappa shape index (κ2) is 7.90. The molecular formula is C21H19FN2O3S. The summed E-state index contributed by atoms with van der Waals surface area (Å²) in [7, 11) is 0. The Kier molecular flexibility index (Phi) is 5.56. The summed E-state index contributed by atoms with van der Waals surface area (Å²) in [6, 6.07) is 14.7. The van der Waals surface area contributed by atoms with E-state index in [1.54, 1.807) is 13.8 Å². The molecule has 144 valence electrons. The fourth-order valence-electron chi connectivity index (χ4n) is 2.50. The number of thiazole rings is 1. The molecule has 7 heteroatoms. The van der Waals surface area contributed by atoms with Gasteiger partial charge in [-0.15, -0.1) is 0 Å². The van der Waals surface area contributed by atoms with Crippen LogP contribution in [0.1, 0.15) is 30.4 Å². The average molecular weight is 398 g/mol. The van der Waals surface area contributed by atoms with Gasteiger partial charge in [-0.1, -0.05) is 41.7 Å². The Morgan fingerprint density at radius 3 is 2.32 bits per heavy atom. The summed E-state index contributed by atoms with van der Waals surface area (Å²) in [5.41, 5.74) is 0.101. The van der Waals surface area contributed by atoms with Crippen LogP contribution in [0.15, 0.2) is 54.6 Å². The van der Waals surface area contributed by atoms with Gasteiger partial charge < -0.3 is 4.74 Å². The normalized spacial score (nSPS) is 11.1. The zero-order chi connectivity index (χ0) is 20.3. The first kappa shape index (κ1) is 19.7. The van der Waals surface area contributed by atoms with Crippen molar-refractivity contribution in [3.05, 3.63) is 65.3 Å². The molecule has 1 heterocycles. The molecule has 0 atom stereocenters. The van der Waals surface area contributed by atoms with Crippen molar-refractivity contribution in [2.45, 2.75) is 26.4 Å². The zero-order valence-electron chi connectivity index (χ0n) is 15.7. The maximum Gasteiger partial charge on any atom is 0.269 e. The minimum absolute atomic E-state index is 0.126. The van der Waals surface area contributed by atoms with Crippen molar-refractivity contribution in [2.75, 3.05) is 5.32 Å². The van der Waals surface area contributed by atoms with Crippen LogP contribution in [0.2, 0.25) is 0 Å². The molecule has 0 aliphatic carbocycles. The summed E-state index contributed by atoms with van der Waals surface area (Å²) in [4.78, 5) is 29.6. The molecule has 0 unspecified atom stereocenters. The van der Waals surface area contributed by atoms with Gasteiger partial charge in [0.25, 0.3) is 5.91 Å². The highest BCUT2D eigenvalue weighted by Crippen LogP contribution is 2.32. The predicted octanol–water partition coefficient (Wildman–Crippen LogP) is 4.95. The Bertz CT molecular complexity index is 998. The highest BCUT2D eigenvalue weighted by Gasteiger charge is 2.31. The van der Waals surface area contributed by atoms with E-state index in [1.807, 2.05) is 30.3 Å². The maximum absolute atomic E-state index is 13.0. The molecular weight excluding hydrogens is 379 g/mol. The molecule has 1 amide bonds. The number of amides is 1. The van der Waals surface area contributed by atoms with E-state index in [-0.39, 0.29) is 11.6 Å². The summed E-state index contributed by atoms with van der Waals surface area (Å²) in [6.07, 6.45) is 0. The van der Waals surface area contributed by atoms with Gasteiger partial charge in [-0.05, 0) is 38.1 Å². The number of hydrogen-bond donors (Lipinski definition) is 1. The first-order chi connectivity index (χ1) is 13.3. The van der Waals surface area contributed by atoms with Gasteiger partial charge >= 0.3 is 0 Å².